The molecule has 100 valence electrons. The number of hydrogen-bond donors (Lipinski definition) is 2. The molecule has 3 aromatic rings. The second-order valence-corrected chi connectivity index (χ2v) is 5.64. The second-order valence-electron chi connectivity index (χ2n) is 4.35. The van der Waals surface area contributed by atoms with Crippen molar-refractivity contribution in [3.63, 3.8) is 0 Å². The zero-order valence-corrected chi connectivity index (χ0v) is 12.7. The molecule has 1 heterocycles. The summed E-state index contributed by atoms with van der Waals surface area (Å²) >= 11 is 9.62. The van der Waals surface area contributed by atoms with Crippen LogP contribution in [0.2, 0.25) is 5.02 Å². The molecule has 3 rings (SSSR count). The summed E-state index contributed by atoms with van der Waals surface area (Å²) in [7, 11) is 0. The van der Waals surface area contributed by atoms with Gasteiger partial charge >= 0.3 is 0 Å². The zero-order valence-electron chi connectivity index (χ0n) is 10.4. The molecule has 0 fully saturated rings. The first-order chi connectivity index (χ1) is 9.66. The van der Waals surface area contributed by atoms with Crippen molar-refractivity contribution in [2.45, 2.75) is 0 Å². The van der Waals surface area contributed by atoms with Crippen molar-refractivity contribution in [3.8, 4) is 22.4 Å². The number of rotatable bonds is 2. The maximum absolute atomic E-state index is 6.09. The highest BCUT2D eigenvalue weighted by Gasteiger charge is 2.16. The summed E-state index contributed by atoms with van der Waals surface area (Å²) in [4.78, 5) is 0. The smallest absolute Gasteiger partial charge is 0.153 e. The minimum Gasteiger partial charge on any atom is -0.382 e. The van der Waals surface area contributed by atoms with Gasteiger partial charge in [0.25, 0.3) is 0 Å². The number of nitrogens with one attached hydrogen (secondary N) is 1. The SMILES string of the molecule is Nc1n[nH]c(-c2cc(Cl)ccc2Br)c1-c1ccccc1. The number of nitrogen functional groups attached to an aromatic ring is 1. The second kappa shape index (κ2) is 5.31. The summed E-state index contributed by atoms with van der Waals surface area (Å²) in [6, 6.07) is 15.5. The van der Waals surface area contributed by atoms with Crippen LogP contribution in [0.15, 0.2) is 53.0 Å². The molecular weight excluding hydrogens is 338 g/mol. The number of aromatic amines is 1. The first kappa shape index (κ1) is 13.2. The van der Waals surface area contributed by atoms with Crippen LogP contribution < -0.4 is 5.73 Å². The Morgan fingerprint density at radius 3 is 2.60 bits per heavy atom. The lowest BCUT2D eigenvalue weighted by molar-refractivity contribution is 1.10. The van der Waals surface area contributed by atoms with Gasteiger partial charge in [0.15, 0.2) is 5.82 Å². The van der Waals surface area contributed by atoms with Gasteiger partial charge in [-0.15, -0.1) is 0 Å². The van der Waals surface area contributed by atoms with E-state index in [4.69, 9.17) is 17.3 Å². The van der Waals surface area contributed by atoms with E-state index in [1.807, 2.05) is 48.5 Å². The number of nitrogens with two attached hydrogens (primary N) is 1. The van der Waals surface area contributed by atoms with Crippen molar-refractivity contribution in [3.05, 3.63) is 58.0 Å². The van der Waals surface area contributed by atoms with Gasteiger partial charge in [-0.25, -0.2) is 0 Å². The van der Waals surface area contributed by atoms with Crippen molar-refractivity contribution in [1.29, 1.82) is 0 Å². The molecular formula is C15H11BrClN3. The van der Waals surface area contributed by atoms with E-state index in [1.165, 1.54) is 0 Å². The Bertz CT molecular complexity index is 753. The minimum absolute atomic E-state index is 0.470. The maximum atomic E-state index is 6.09. The highest BCUT2D eigenvalue weighted by molar-refractivity contribution is 9.10. The third-order valence-corrected chi connectivity index (χ3v) is 3.98. The predicted molar refractivity (Wildman–Crippen MR) is 86.6 cm³/mol. The van der Waals surface area contributed by atoms with E-state index in [0.29, 0.717) is 10.8 Å². The Hall–Kier alpha value is -1.78. The molecule has 3 N–H and O–H groups in total. The van der Waals surface area contributed by atoms with Crippen LogP contribution in [0.25, 0.3) is 22.4 Å². The normalized spacial score (nSPS) is 10.7. The zero-order chi connectivity index (χ0) is 14.1. The Labute approximate surface area is 129 Å². The number of halogens is 2. The van der Waals surface area contributed by atoms with Crippen molar-refractivity contribution < 1.29 is 0 Å². The quantitative estimate of drug-likeness (QED) is 0.702. The standard InChI is InChI=1S/C15H11BrClN3/c16-12-7-6-10(17)8-11(12)14-13(15(18)20-19-14)9-4-2-1-3-5-9/h1-8H,(H3,18,19,20). The maximum Gasteiger partial charge on any atom is 0.153 e. The summed E-state index contributed by atoms with van der Waals surface area (Å²) in [6.07, 6.45) is 0. The van der Waals surface area contributed by atoms with Gasteiger partial charge in [-0.3, -0.25) is 5.10 Å². The third-order valence-electron chi connectivity index (χ3n) is 3.05. The monoisotopic (exact) mass is 347 g/mol. The average Bonchev–Trinajstić information content (AvgIpc) is 2.84. The Kier molecular flexibility index (Phi) is 3.51. The lowest BCUT2D eigenvalue weighted by atomic mass is 10.0. The summed E-state index contributed by atoms with van der Waals surface area (Å²) in [5.74, 6) is 0.470. The molecule has 0 saturated heterocycles. The summed E-state index contributed by atoms with van der Waals surface area (Å²) in [5, 5.41) is 7.78. The van der Waals surface area contributed by atoms with Gasteiger partial charge in [-0.1, -0.05) is 57.9 Å². The van der Waals surface area contributed by atoms with Gasteiger partial charge in [0, 0.05) is 15.1 Å². The van der Waals surface area contributed by atoms with Crippen LogP contribution in [0.4, 0.5) is 5.82 Å². The van der Waals surface area contributed by atoms with E-state index in [9.17, 15) is 0 Å². The molecule has 5 heteroatoms. The summed E-state index contributed by atoms with van der Waals surface area (Å²) in [5.41, 5.74) is 9.69. The molecule has 0 aliphatic carbocycles. The Morgan fingerprint density at radius 1 is 1.10 bits per heavy atom. The van der Waals surface area contributed by atoms with Crippen molar-refractivity contribution in [2.75, 3.05) is 5.73 Å². The highest BCUT2D eigenvalue weighted by Crippen LogP contribution is 2.38. The molecule has 0 aliphatic heterocycles. The summed E-state index contributed by atoms with van der Waals surface area (Å²) in [6.45, 7) is 0. The molecule has 0 unspecified atom stereocenters. The molecule has 20 heavy (non-hydrogen) atoms. The number of H-pyrrole nitrogens is 1. The molecule has 0 atom stereocenters. The van der Waals surface area contributed by atoms with E-state index in [2.05, 4.69) is 26.1 Å². The van der Waals surface area contributed by atoms with Gasteiger partial charge < -0.3 is 5.73 Å². The van der Waals surface area contributed by atoms with Crippen molar-refractivity contribution in [2.24, 2.45) is 0 Å². The molecule has 0 aliphatic rings. The van der Waals surface area contributed by atoms with E-state index in [1.54, 1.807) is 0 Å². The Morgan fingerprint density at radius 2 is 1.85 bits per heavy atom. The number of hydrogen-bond acceptors (Lipinski definition) is 2. The number of nitrogens with zero attached hydrogens (tertiary/aromatic N) is 1. The molecule has 3 nitrogen and oxygen atoms in total. The third kappa shape index (κ3) is 2.32. The average molecular weight is 349 g/mol. The molecule has 0 amide bonds. The van der Waals surface area contributed by atoms with Gasteiger partial charge in [-0.05, 0) is 23.8 Å². The van der Waals surface area contributed by atoms with Crippen LogP contribution in [0.1, 0.15) is 0 Å². The minimum atomic E-state index is 0.470. The first-order valence-electron chi connectivity index (χ1n) is 6.01. The fourth-order valence-electron chi connectivity index (χ4n) is 2.14. The lowest BCUT2D eigenvalue weighted by Crippen LogP contribution is -1.89. The highest BCUT2D eigenvalue weighted by atomic mass is 79.9. The van der Waals surface area contributed by atoms with Crippen LogP contribution in [0.5, 0.6) is 0 Å². The van der Waals surface area contributed by atoms with Crippen molar-refractivity contribution >= 4 is 33.3 Å². The Balaban J connectivity index is 2.24. The van der Waals surface area contributed by atoms with Gasteiger partial charge in [0.2, 0.25) is 0 Å². The molecule has 1 aromatic heterocycles. The van der Waals surface area contributed by atoms with Crippen LogP contribution >= 0.6 is 27.5 Å². The van der Waals surface area contributed by atoms with Crippen LogP contribution in [-0.4, -0.2) is 10.2 Å². The molecule has 0 radical (unpaired) electrons. The van der Waals surface area contributed by atoms with Crippen LogP contribution in [0, 0.1) is 0 Å². The van der Waals surface area contributed by atoms with E-state index >= 15 is 0 Å². The number of anilines is 1. The number of benzene rings is 2. The molecule has 2 aromatic carbocycles. The van der Waals surface area contributed by atoms with Gasteiger partial charge in [-0.2, -0.15) is 5.10 Å². The molecule has 0 bridgehead atoms. The topological polar surface area (TPSA) is 54.7 Å². The van der Waals surface area contributed by atoms with Gasteiger partial charge in [0.05, 0.1) is 11.3 Å². The fourth-order valence-corrected chi connectivity index (χ4v) is 2.75. The predicted octanol–water partition coefficient (Wildman–Crippen LogP) is 4.74. The van der Waals surface area contributed by atoms with Crippen LogP contribution in [-0.2, 0) is 0 Å². The number of aromatic nitrogens is 2. The first-order valence-corrected chi connectivity index (χ1v) is 7.18. The van der Waals surface area contributed by atoms with E-state index < -0.39 is 0 Å². The van der Waals surface area contributed by atoms with E-state index in [-0.39, 0.29) is 0 Å². The molecule has 0 spiro atoms. The largest absolute Gasteiger partial charge is 0.382 e. The molecule has 0 saturated carbocycles. The van der Waals surface area contributed by atoms with E-state index in [0.717, 1.165) is 26.9 Å². The van der Waals surface area contributed by atoms with Crippen molar-refractivity contribution in [1.82, 2.24) is 10.2 Å². The van der Waals surface area contributed by atoms with Crippen LogP contribution in [0.3, 0.4) is 0 Å². The fraction of sp³-hybridized carbons (Fsp3) is 0. The van der Waals surface area contributed by atoms with Gasteiger partial charge in [0.1, 0.15) is 0 Å². The lowest BCUT2D eigenvalue weighted by Gasteiger charge is -2.07. The summed E-state index contributed by atoms with van der Waals surface area (Å²) < 4.78 is 0.933.